The van der Waals surface area contributed by atoms with Gasteiger partial charge in [0.1, 0.15) is 0 Å². The number of amides is 3. The maximum Gasteiger partial charge on any atom is 0.273 e. The Bertz CT molecular complexity index is 994. The Hall–Kier alpha value is -2.37. The predicted octanol–water partition coefficient (Wildman–Crippen LogP) is 4.58. The zero-order valence-electron chi connectivity index (χ0n) is 16.1. The van der Waals surface area contributed by atoms with Crippen molar-refractivity contribution in [3.8, 4) is 0 Å². The summed E-state index contributed by atoms with van der Waals surface area (Å²) in [6.45, 7) is 0.102. The van der Waals surface area contributed by atoms with Gasteiger partial charge in [-0.2, -0.15) is 5.01 Å². The highest BCUT2D eigenvalue weighted by molar-refractivity contribution is 6.30. The average molecular weight is 443 g/mol. The van der Waals surface area contributed by atoms with Crippen LogP contribution in [0.15, 0.2) is 48.5 Å². The summed E-state index contributed by atoms with van der Waals surface area (Å²) >= 11 is 11.9. The molecule has 30 heavy (non-hydrogen) atoms. The Balaban J connectivity index is 1.51. The SMILES string of the molecule is O=C(c1ccc(Cl)cc1)N(Cc1ccc(Cl)cc1)N1C(=O)[C@@H]2[C@@H]3CC[C@@H](C3)[C@@H]2C1=O. The van der Waals surface area contributed by atoms with Crippen LogP contribution in [-0.2, 0) is 16.1 Å². The molecule has 5 nitrogen and oxygen atoms in total. The van der Waals surface area contributed by atoms with Crippen molar-refractivity contribution in [1.29, 1.82) is 0 Å². The van der Waals surface area contributed by atoms with Gasteiger partial charge in [0, 0.05) is 15.6 Å². The third kappa shape index (κ3) is 3.12. The van der Waals surface area contributed by atoms with Crippen LogP contribution in [0.2, 0.25) is 10.0 Å². The molecule has 2 aromatic rings. The second-order valence-corrected chi connectivity index (χ2v) is 9.24. The van der Waals surface area contributed by atoms with E-state index in [4.69, 9.17) is 23.2 Å². The van der Waals surface area contributed by atoms with Crippen LogP contribution in [0, 0.1) is 23.7 Å². The smallest absolute Gasteiger partial charge is 0.272 e. The highest BCUT2D eigenvalue weighted by atomic mass is 35.5. The van der Waals surface area contributed by atoms with Gasteiger partial charge in [-0.05, 0) is 73.1 Å². The second-order valence-electron chi connectivity index (χ2n) is 8.37. The number of hydrogen-bond acceptors (Lipinski definition) is 3. The van der Waals surface area contributed by atoms with E-state index in [1.165, 1.54) is 5.01 Å². The molecule has 3 aliphatic rings. The molecule has 0 N–H and O–H groups in total. The van der Waals surface area contributed by atoms with Gasteiger partial charge in [-0.25, -0.2) is 5.01 Å². The van der Waals surface area contributed by atoms with Gasteiger partial charge < -0.3 is 0 Å². The molecule has 0 radical (unpaired) electrons. The van der Waals surface area contributed by atoms with Gasteiger partial charge in [0.2, 0.25) is 0 Å². The highest BCUT2D eigenvalue weighted by Gasteiger charge is 2.62. The number of hydrazine groups is 1. The number of fused-ring (bicyclic) bond motifs is 5. The molecular formula is C23H20Cl2N2O3. The van der Waals surface area contributed by atoms with E-state index in [0.29, 0.717) is 15.6 Å². The lowest BCUT2D eigenvalue weighted by Gasteiger charge is -2.31. The summed E-state index contributed by atoms with van der Waals surface area (Å²) in [5, 5.41) is 3.49. The zero-order chi connectivity index (χ0) is 21.0. The van der Waals surface area contributed by atoms with Crippen LogP contribution < -0.4 is 0 Å². The number of hydrogen-bond donors (Lipinski definition) is 0. The van der Waals surface area contributed by atoms with Gasteiger partial charge in [0.25, 0.3) is 17.7 Å². The van der Waals surface area contributed by atoms with Gasteiger partial charge in [0.15, 0.2) is 0 Å². The Labute approximate surface area is 184 Å². The molecule has 7 heteroatoms. The Kier molecular flexibility index (Phi) is 4.83. The van der Waals surface area contributed by atoms with Crippen LogP contribution in [0.4, 0.5) is 0 Å². The van der Waals surface area contributed by atoms with E-state index in [9.17, 15) is 14.4 Å². The van der Waals surface area contributed by atoms with Gasteiger partial charge in [0.05, 0.1) is 18.4 Å². The molecule has 0 unspecified atom stereocenters. The largest absolute Gasteiger partial charge is 0.273 e. The standard InChI is InChI=1S/C23H20Cl2N2O3/c24-17-7-1-13(2-8-17)12-26(21(28)14-5-9-18(25)10-6-14)27-22(29)19-15-3-4-16(11-15)20(19)23(27)30/h1-2,5-10,15-16,19-20H,3-4,11-12H2/t15-,16+,19-,20+. The van der Waals surface area contributed by atoms with Crippen LogP contribution in [0.1, 0.15) is 35.2 Å². The molecular weight excluding hydrogens is 423 g/mol. The minimum atomic E-state index is -0.407. The first-order chi connectivity index (χ1) is 14.4. The van der Waals surface area contributed by atoms with Crippen LogP contribution in [0.5, 0.6) is 0 Å². The topological polar surface area (TPSA) is 57.7 Å². The summed E-state index contributed by atoms with van der Waals surface area (Å²) in [5.74, 6) is -0.963. The van der Waals surface area contributed by atoms with Crippen LogP contribution in [0.3, 0.4) is 0 Å². The fraction of sp³-hybridized carbons (Fsp3) is 0.348. The van der Waals surface area contributed by atoms with Gasteiger partial charge >= 0.3 is 0 Å². The molecule has 2 aromatic carbocycles. The van der Waals surface area contributed by atoms with Crippen molar-refractivity contribution in [3.63, 3.8) is 0 Å². The minimum absolute atomic E-state index is 0.102. The number of nitrogens with zero attached hydrogens (tertiary/aromatic N) is 2. The molecule has 2 bridgehead atoms. The van der Waals surface area contributed by atoms with E-state index in [0.717, 1.165) is 29.8 Å². The first-order valence-corrected chi connectivity index (χ1v) is 10.9. The third-order valence-electron chi connectivity index (χ3n) is 6.72. The van der Waals surface area contributed by atoms with Gasteiger partial charge in [-0.15, -0.1) is 0 Å². The van der Waals surface area contributed by atoms with E-state index >= 15 is 0 Å². The fourth-order valence-electron chi connectivity index (χ4n) is 5.37. The molecule has 2 saturated carbocycles. The van der Waals surface area contributed by atoms with Crippen LogP contribution >= 0.6 is 23.2 Å². The molecule has 5 rings (SSSR count). The number of rotatable bonds is 4. The Morgan fingerprint density at radius 3 is 1.90 bits per heavy atom. The molecule has 4 atom stereocenters. The van der Waals surface area contributed by atoms with Crippen molar-refractivity contribution in [2.45, 2.75) is 25.8 Å². The summed E-state index contributed by atoms with van der Waals surface area (Å²) < 4.78 is 0. The number of halogens is 2. The summed E-state index contributed by atoms with van der Waals surface area (Å²) in [6.07, 6.45) is 2.92. The number of carbonyl (C=O) groups is 3. The number of benzene rings is 2. The second kappa shape index (κ2) is 7.40. The molecule has 154 valence electrons. The third-order valence-corrected chi connectivity index (χ3v) is 7.22. The summed E-state index contributed by atoms with van der Waals surface area (Å²) in [6, 6.07) is 13.5. The van der Waals surface area contributed by atoms with Crippen molar-refractivity contribution in [1.82, 2.24) is 10.0 Å². The number of imide groups is 1. The molecule has 0 aromatic heterocycles. The van der Waals surface area contributed by atoms with Crippen molar-refractivity contribution >= 4 is 40.9 Å². The van der Waals surface area contributed by atoms with E-state index in [1.807, 2.05) is 0 Å². The van der Waals surface area contributed by atoms with Gasteiger partial charge in [-0.3, -0.25) is 14.4 Å². The maximum absolute atomic E-state index is 13.4. The van der Waals surface area contributed by atoms with Crippen LogP contribution in [0.25, 0.3) is 0 Å². The lowest BCUT2D eigenvalue weighted by molar-refractivity contribution is -0.156. The minimum Gasteiger partial charge on any atom is -0.272 e. The molecule has 1 saturated heterocycles. The van der Waals surface area contributed by atoms with E-state index in [1.54, 1.807) is 48.5 Å². The van der Waals surface area contributed by atoms with E-state index in [2.05, 4.69) is 0 Å². The molecule has 1 heterocycles. The average Bonchev–Trinajstić information content (AvgIpc) is 3.42. The number of carbonyl (C=O) groups excluding carboxylic acids is 3. The molecule has 2 aliphatic carbocycles. The van der Waals surface area contributed by atoms with E-state index < -0.39 is 5.91 Å². The lowest BCUT2D eigenvalue weighted by Crippen LogP contribution is -2.50. The normalized spacial score (nSPS) is 26.9. The first kappa shape index (κ1) is 19.6. The summed E-state index contributed by atoms with van der Waals surface area (Å²) in [4.78, 5) is 40.1. The van der Waals surface area contributed by atoms with Crippen LogP contribution in [-0.4, -0.2) is 27.7 Å². The summed E-state index contributed by atoms with van der Waals surface area (Å²) in [7, 11) is 0. The molecule has 0 spiro atoms. The van der Waals surface area contributed by atoms with Crippen molar-refractivity contribution < 1.29 is 14.4 Å². The quantitative estimate of drug-likeness (QED) is 0.650. The monoisotopic (exact) mass is 442 g/mol. The Morgan fingerprint density at radius 1 is 0.867 bits per heavy atom. The molecule has 1 aliphatic heterocycles. The van der Waals surface area contributed by atoms with Crippen molar-refractivity contribution in [2.24, 2.45) is 23.7 Å². The lowest BCUT2D eigenvalue weighted by atomic mass is 9.81. The summed E-state index contributed by atoms with van der Waals surface area (Å²) in [5.41, 5.74) is 1.15. The van der Waals surface area contributed by atoms with Crippen molar-refractivity contribution in [2.75, 3.05) is 0 Å². The first-order valence-electron chi connectivity index (χ1n) is 10.1. The maximum atomic E-state index is 13.4. The van der Waals surface area contributed by atoms with E-state index in [-0.39, 0.29) is 42.0 Å². The van der Waals surface area contributed by atoms with Gasteiger partial charge in [-0.1, -0.05) is 35.3 Å². The van der Waals surface area contributed by atoms with Crippen molar-refractivity contribution in [3.05, 3.63) is 69.7 Å². The fourth-order valence-corrected chi connectivity index (χ4v) is 5.62. The zero-order valence-corrected chi connectivity index (χ0v) is 17.6. The molecule has 3 amide bonds. The molecule has 3 fully saturated rings. The Morgan fingerprint density at radius 2 is 1.37 bits per heavy atom. The highest BCUT2D eigenvalue weighted by Crippen LogP contribution is 2.56. The predicted molar refractivity (Wildman–Crippen MR) is 112 cm³/mol.